The maximum Gasteiger partial charge on any atom is 0.214 e. The van der Waals surface area contributed by atoms with E-state index in [0.717, 1.165) is 36.7 Å². The molecule has 1 atom stereocenters. The first kappa shape index (κ1) is 24.8. The fourth-order valence-corrected chi connectivity index (χ4v) is 5.25. The van der Waals surface area contributed by atoms with Crippen molar-refractivity contribution in [2.45, 2.75) is 18.9 Å². The molecule has 1 aromatic rings. The number of hydrogen-bond donors (Lipinski definition) is 2. The Hall–Kier alpha value is -1.47. The quantitative estimate of drug-likeness (QED) is 0.297. The van der Waals surface area contributed by atoms with Crippen molar-refractivity contribution in [3.8, 4) is 11.5 Å². The summed E-state index contributed by atoms with van der Waals surface area (Å²) in [5.41, 5.74) is 1.06. The summed E-state index contributed by atoms with van der Waals surface area (Å²) >= 11 is 0. The Kier molecular flexibility index (Phi) is 9.29. The lowest BCUT2D eigenvalue weighted by molar-refractivity contribution is 0.394. The molecule has 2 aliphatic heterocycles. The molecule has 2 saturated heterocycles. The summed E-state index contributed by atoms with van der Waals surface area (Å²) in [5, 5.41) is 6.66. The second-order valence-corrected chi connectivity index (χ2v) is 9.30. The van der Waals surface area contributed by atoms with Crippen LogP contribution in [0, 0.1) is 0 Å². The predicted octanol–water partition coefficient (Wildman–Crippen LogP) is 1.10. The zero-order valence-electron chi connectivity index (χ0n) is 17.8. The molecule has 30 heavy (non-hydrogen) atoms. The Morgan fingerprint density at radius 3 is 2.47 bits per heavy atom. The lowest BCUT2D eigenvalue weighted by Crippen LogP contribution is -2.46. The van der Waals surface area contributed by atoms with Crippen molar-refractivity contribution in [1.29, 1.82) is 0 Å². The average Bonchev–Trinajstić information content (AvgIpc) is 3.32. The van der Waals surface area contributed by atoms with Crippen LogP contribution in [-0.2, 0) is 10.0 Å². The minimum atomic E-state index is -3.06. The van der Waals surface area contributed by atoms with E-state index in [-0.39, 0.29) is 35.8 Å². The highest BCUT2D eigenvalue weighted by atomic mass is 127. The number of nitrogens with one attached hydrogen (secondary N) is 2. The van der Waals surface area contributed by atoms with E-state index in [2.05, 4.69) is 20.5 Å². The van der Waals surface area contributed by atoms with Gasteiger partial charge >= 0.3 is 0 Å². The van der Waals surface area contributed by atoms with Crippen LogP contribution in [0.25, 0.3) is 0 Å². The Bertz CT molecular complexity index is 814. The summed E-state index contributed by atoms with van der Waals surface area (Å²) < 4.78 is 36.0. The maximum atomic E-state index is 11.9. The molecule has 0 bridgehead atoms. The second-order valence-electron chi connectivity index (χ2n) is 7.21. The van der Waals surface area contributed by atoms with Crippen LogP contribution in [0.2, 0.25) is 0 Å². The average molecular weight is 553 g/mol. The van der Waals surface area contributed by atoms with Gasteiger partial charge in [-0.2, -0.15) is 0 Å². The number of guanidine groups is 1. The molecular weight excluding hydrogens is 521 g/mol. The van der Waals surface area contributed by atoms with Crippen LogP contribution < -0.4 is 25.0 Å². The topological polar surface area (TPSA) is 95.5 Å². The van der Waals surface area contributed by atoms with Gasteiger partial charge in [0.15, 0.2) is 5.96 Å². The largest absolute Gasteiger partial charge is 0.497 e. The van der Waals surface area contributed by atoms with Crippen molar-refractivity contribution < 1.29 is 17.9 Å². The number of sulfonamides is 1. The summed E-state index contributed by atoms with van der Waals surface area (Å²) in [5.74, 6) is 2.49. The van der Waals surface area contributed by atoms with Crippen molar-refractivity contribution in [2.24, 2.45) is 4.99 Å². The highest BCUT2D eigenvalue weighted by Crippen LogP contribution is 2.30. The van der Waals surface area contributed by atoms with E-state index in [0.29, 0.717) is 32.0 Å². The number of nitrogens with zero attached hydrogens (tertiary/aromatic N) is 3. The maximum absolute atomic E-state index is 11.9. The molecule has 11 heteroatoms. The first-order valence-corrected chi connectivity index (χ1v) is 11.5. The van der Waals surface area contributed by atoms with Crippen LogP contribution >= 0.6 is 24.0 Å². The molecule has 1 unspecified atom stereocenters. The van der Waals surface area contributed by atoms with E-state index in [1.54, 1.807) is 25.6 Å². The number of rotatable bonds is 7. The standard InChI is InChI=1S/C19H31N5O4S.HI/c1-20-19(21-6-9-24-7-4-10-29(24,25)26)22-15-5-8-23(14-15)16-11-17(27-2)13-18(12-16)28-3;/h11-13,15H,4-10,14H2,1-3H3,(H2,20,21,22);1H. The third-order valence-corrected chi connectivity index (χ3v) is 7.27. The van der Waals surface area contributed by atoms with E-state index in [9.17, 15) is 8.42 Å². The van der Waals surface area contributed by atoms with Crippen LogP contribution in [0.3, 0.4) is 0 Å². The molecule has 3 rings (SSSR count). The lowest BCUT2D eigenvalue weighted by atomic mass is 10.2. The van der Waals surface area contributed by atoms with E-state index in [1.807, 2.05) is 18.2 Å². The number of anilines is 1. The van der Waals surface area contributed by atoms with Crippen LogP contribution in [0.15, 0.2) is 23.2 Å². The third-order valence-electron chi connectivity index (χ3n) is 5.31. The van der Waals surface area contributed by atoms with E-state index in [1.165, 1.54) is 0 Å². The normalized spacial score (nSPS) is 21.2. The van der Waals surface area contributed by atoms with E-state index < -0.39 is 10.0 Å². The summed E-state index contributed by atoms with van der Waals surface area (Å²) in [7, 11) is 1.96. The minimum Gasteiger partial charge on any atom is -0.497 e. The monoisotopic (exact) mass is 553 g/mol. The van der Waals surface area contributed by atoms with E-state index in [4.69, 9.17) is 9.47 Å². The SMILES string of the molecule is CN=C(NCCN1CCCS1(=O)=O)NC1CCN(c2cc(OC)cc(OC)c2)C1.I. The molecule has 0 saturated carbocycles. The van der Waals surface area contributed by atoms with Gasteiger partial charge in [0, 0.05) is 69.7 Å². The smallest absolute Gasteiger partial charge is 0.214 e. The number of halogens is 1. The second kappa shape index (κ2) is 11.2. The molecule has 2 aliphatic rings. The molecular formula is C19H32IN5O4S. The molecule has 9 nitrogen and oxygen atoms in total. The number of methoxy groups -OCH3 is 2. The zero-order valence-corrected chi connectivity index (χ0v) is 20.9. The summed E-state index contributed by atoms with van der Waals surface area (Å²) in [6.45, 7) is 3.35. The highest BCUT2D eigenvalue weighted by molar-refractivity contribution is 14.0. The summed E-state index contributed by atoms with van der Waals surface area (Å²) in [6, 6.07) is 6.12. The van der Waals surface area contributed by atoms with Gasteiger partial charge in [-0.1, -0.05) is 0 Å². The molecule has 2 fully saturated rings. The molecule has 0 aliphatic carbocycles. The van der Waals surface area contributed by atoms with E-state index >= 15 is 0 Å². The summed E-state index contributed by atoms with van der Waals surface area (Å²) in [6.07, 6.45) is 1.68. The minimum absolute atomic E-state index is 0. The van der Waals surface area contributed by atoms with Gasteiger partial charge < -0.3 is 25.0 Å². The molecule has 0 amide bonds. The summed E-state index contributed by atoms with van der Waals surface area (Å²) in [4.78, 5) is 6.56. The molecule has 0 aromatic heterocycles. The molecule has 0 spiro atoms. The van der Waals surface area contributed by atoms with Gasteiger partial charge in [-0.05, 0) is 12.8 Å². The fourth-order valence-electron chi connectivity index (χ4n) is 3.72. The van der Waals surface area contributed by atoms with Crippen LogP contribution in [0.5, 0.6) is 11.5 Å². The fraction of sp³-hybridized carbons (Fsp3) is 0.632. The first-order valence-electron chi connectivity index (χ1n) is 9.88. The number of benzene rings is 1. The van der Waals surface area contributed by atoms with Gasteiger partial charge in [0.05, 0.1) is 20.0 Å². The van der Waals surface area contributed by atoms with Crippen molar-refractivity contribution in [2.75, 3.05) is 64.6 Å². The predicted molar refractivity (Wildman–Crippen MR) is 130 cm³/mol. The van der Waals surface area contributed by atoms with Crippen LogP contribution in [0.4, 0.5) is 5.69 Å². The van der Waals surface area contributed by atoms with Gasteiger partial charge in [-0.25, -0.2) is 12.7 Å². The molecule has 2 N–H and O–H groups in total. The Morgan fingerprint density at radius 2 is 1.90 bits per heavy atom. The highest BCUT2D eigenvalue weighted by Gasteiger charge is 2.28. The van der Waals surface area contributed by atoms with Gasteiger partial charge in [-0.15, -0.1) is 24.0 Å². The molecule has 2 heterocycles. The van der Waals surface area contributed by atoms with Gasteiger partial charge in [0.1, 0.15) is 11.5 Å². The third kappa shape index (κ3) is 6.27. The van der Waals surface area contributed by atoms with Crippen LogP contribution in [-0.4, -0.2) is 84.5 Å². The Labute approximate surface area is 196 Å². The van der Waals surface area contributed by atoms with Crippen molar-refractivity contribution >= 4 is 45.6 Å². The van der Waals surface area contributed by atoms with Gasteiger partial charge in [0.2, 0.25) is 10.0 Å². The lowest BCUT2D eigenvalue weighted by Gasteiger charge is -2.22. The molecule has 1 aromatic carbocycles. The van der Waals surface area contributed by atoms with Crippen LogP contribution in [0.1, 0.15) is 12.8 Å². The number of hydrogen-bond acceptors (Lipinski definition) is 6. The van der Waals surface area contributed by atoms with Crippen molar-refractivity contribution in [3.05, 3.63) is 18.2 Å². The number of ether oxygens (including phenoxy) is 2. The van der Waals surface area contributed by atoms with Gasteiger partial charge in [0.25, 0.3) is 0 Å². The molecule has 0 radical (unpaired) electrons. The van der Waals surface area contributed by atoms with Crippen molar-refractivity contribution in [1.82, 2.24) is 14.9 Å². The molecule has 170 valence electrons. The Balaban J connectivity index is 0.00000320. The Morgan fingerprint density at radius 1 is 1.20 bits per heavy atom. The zero-order chi connectivity index (χ0) is 20.9. The first-order chi connectivity index (χ1) is 13.9. The number of aliphatic imine (C=N–C) groups is 1. The van der Waals surface area contributed by atoms with Gasteiger partial charge in [-0.3, -0.25) is 4.99 Å². The van der Waals surface area contributed by atoms with Crippen molar-refractivity contribution in [3.63, 3.8) is 0 Å².